The Kier molecular flexibility index (Phi) is 8.17. The highest BCUT2D eigenvalue weighted by Crippen LogP contribution is 2.28. The molecule has 1 fully saturated rings. The number of aliphatic hydroxyl groups is 1. The van der Waals surface area contributed by atoms with Crippen LogP contribution in [-0.4, -0.2) is 69.2 Å². The van der Waals surface area contributed by atoms with E-state index >= 15 is 0 Å². The van der Waals surface area contributed by atoms with Crippen LogP contribution in [0, 0.1) is 0 Å². The molecule has 1 aliphatic rings. The standard InChI is InChI=1S/C21H30N2O5/c1-25-21-13-17(14-22-7-6-19-3-2-10-27-19)4-5-20(21)28-16-18(24)15-23-8-11-26-12-9-23/h2-5,10,13,18,22,24H,6-9,11-12,14-16H2,1H3. The first-order chi connectivity index (χ1) is 13.7. The van der Waals surface area contributed by atoms with Crippen molar-refractivity contribution in [2.75, 3.05) is 53.1 Å². The molecule has 0 radical (unpaired) electrons. The maximum atomic E-state index is 10.2. The van der Waals surface area contributed by atoms with Gasteiger partial charge in [-0.3, -0.25) is 4.90 Å². The number of β-amino-alcohol motifs (C(OH)–C–C–N with tert-alkyl or cyclic N) is 1. The quantitative estimate of drug-likeness (QED) is 0.566. The van der Waals surface area contributed by atoms with E-state index in [1.54, 1.807) is 13.4 Å². The number of furan rings is 1. The van der Waals surface area contributed by atoms with E-state index in [9.17, 15) is 5.11 Å². The first-order valence-corrected chi connectivity index (χ1v) is 9.75. The number of nitrogens with zero attached hydrogens (tertiary/aromatic N) is 1. The van der Waals surface area contributed by atoms with E-state index in [-0.39, 0.29) is 6.61 Å². The maximum Gasteiger partial charge on any atom is 0.161 e. The summed E-state index contributed by atoms with van der Waals surface area (Å²) in [6.07, 6.45) is 1.99. The topological polar surface area (TPSA) is 76.3 Å². The monoisotopic (exact) mass is 390 g/mol. The van der Waals surface area contributed by atoms with Gasteiger partial charge in [-0.25, -0.2) is 0 Å². The fraction of sp³-hybridized carbons (Fsp3) is 0.524. The third-order valence-corrected chi connectivity index (χ3v) is 4.69. The van der Waals surface area contributed by atoms with E-state index in [1.807, 2.05) is 30.3 Å². The summed E-state index contributed by atoms with van der Waals surface area (Å²) in [7, 11) is 1.63. The number of ether oxygens (including phenoxy) is 3. The van der Waals surface area contributed by atoms with E-state index in [4.69, 9.17) is 18.6 Å². The summed E-state index contributed by atoms with van der Waals surface area (Å²) < 4.78 is 21.9. The highest BCUT2D eigenvalue weighted by Gasteiger charge is 2.16. The Hall–Kier alpha value is -2.06. The van der Waals surface area contributed by atoms with Crippen molar-refractivity contribution in [2.45, 2.75) is 19.1 Å². The van der Waals surface area contributed by atoms with Gasteiger partial charge in [-0.15, -0.1) is 0 Å². The first-order valence-electron chi connectivity index (χ1n) is 9.75. The van der Waals surface area contributed by atoms with E-state index in [0.29, 0.717) is 18.0 Å². The molecule has 2 heterocycles. The van der Waals surface area contributed by atoms with Gasteiger partial charge >= 0.3 is 0 Å². The Labute approximate surface area is 166 Å². The van der Waals surface area contributed by atoms with Crippen LogP contribution in [0.5, 0.6) is 11.5 Å². The van der Waals surface area contributed by atoms with Crippen molar-refractivity contribution in [3.05, 3.63) is 47.9 Å². The van der Waals surface area contributed by atoms with E-state index in [2.05, 4.69) is 10.2 Å². The third kappa shape index (κ3) is 6.53. The smallest absolute Gasteiger partial charge is 0.161 e. The Morgan fingerprint density at radius 2 is 2.07 bits per heavy atom. The molecule has 2 N–H and O–H groups in total. The highest BCUT2D eigenvalue weighted by molar-refractivity contribution is 5.43. The van der Waals surface area contributed by atoms with Crippen LogP contribution < -0.4 is 14.8 Å². The molecule has 1 atom stereocenters. The van der Waals surface area contributed by atoms with Crippen LogP contribution in [-0.2, 0) is 17.7 Å². The fourth-order valence-electron chi connectivity index (χ4n) is 3.16. The minimum Gasteiger partial charge on any atom is -0.493 e. The lowest BCUT2D eigenvalue weighted by Gasteiger charge is -2.28. The molecule has 1 aliphatic heterocycles. The maximum absolute atomic E-state index is 10.2. The summed E-state index contributed by atoms with van der Waals surface area (Å²) in [4.78, 5) is 2.19. The Morgan fingerprint density at radius 3 is 2.82 bits per heavy atom. The summed E-state index contributed by atoms with van der Waals surface area (Å²) in [5, 5.41) is 13.6. The van der Waals surface area contributed by atoms with Gasteiger partial charge in [0.1, 0.15) is 18.5 Å². The minimum atomic E-state index is -0.550. The second-order valence-electron chi connectivity index (χ2n) is 6.87. The zero-order valence-corrected chi connectivity index (χ0v) is 16.4. The Bertz CT molecular complexity index is 686. The summed E-state index contributed by atoms with van der Waals surface area (Å²) >= 11 is 0. The van der Waals surface area contributed by atoms with Gasteiger partial charge in [-0.1, -0.05) is 6.07 Å². The summed E-state index contributed by atoms with van der Waals surface area (Å²) in [6, 6.07) is 9.74. The summed E-state index contributed by atoms with van der Waals surface area (Å²) in [6.45, 7) is 5.53. The molecule has 0 amide bonds. The molecule has 1 unspecified atom stereocenters. The van der Waals surface area contributed by atoms with Crippen molar-refractivity contribution in [3.63, 3.8) is 0 Å². The van der Waals surface area contributed by atoms with Gasteiger partial charge < -0.3 is 29.1 Å². The molecule has 3 rings (SSSR count). The van der Waals surface area contributed by atoms with Crippen LogP contribution in [0.15, 0.2) is 41.0 Å². The van der Waals surface area contributed by atoms with Gasteiger partial charge in [0.2, 0.25) is 0 Å². The number of aliphatic hydroxyl groups excluding tert-OH is 1. The summed E-state index contributed by atoms with van der Waals surface area (Å²) in [5.74, 6) is 2.29. The lowest BCUT2D eigenvalue weighted by Crippen LogP contribution is -2.42. The Morgan fingerprint density at radius 1 is 1.21 bits per heavy atom. The molecular formula is C21H30N2O5. The van der Waals surface area contributed by atoms with Crippen molar-refractivity contribution in [1.82, 2.24) is 10.2 Å². The van der Waals surface area contributed by atoms with Crippen molar-refractivity contribution in [2.24, 2.45) is 0 Å². The zero-order chi connectivity index (χ0) is 19.6. The number of hydrogen-bond donors (Lipinski definition) is 2. The molecule has 1 aromatic heterocycles. The van der Waals surface area contributed by atoms with Crippen LogP contribution in [0.2, 0.25) is 0 Å². The molecule has 0 saturated carbocycles. The largest absolute Gasteiger partial charge is 0.493 e. The molecule has 2 aromatic rings. The van der Waals surface area contributed by atoms with Crippen LogP contribution in [0.1, 0.15) is 11.3 Å². The molecule has 7 heteroatoms. The van der Waals surface area contributed by atoms with Crippen molar-refractivity contribution < 1.29 is 23.7 Å². The van der Waals surface area contributed by atoms with Gasteiger partial charge in [0.15, 0.2) is 11.5 Å². The second-order valence-corrected chi connectivity index (χ2v) is 6.87. The van der Waals surface area contributed by atoms with Gasteiger partial charge in [-0.05, 0) is 29.8 Å². The number of nitrogens with one attached hydrogen (secondary N) is 1. The number of hydrogen-bond acceptors (Lipinski definition) is 7. The van der Waals surface area contributed by atoms with Gasteiger partial charge in [-0.2, -0.15) is 0 Å². The lowest BCUT2D eigenvalue weighted by molar-refractivity contribution is 0.00445. The van der Waals surface area contributed by atoms with Gasteiger partial charge in [0.05, 0.1) is 26.6 Å². The van der Waals surface area contributed by atoms with Crippen molar-refractivity contribution >= 4 is 0 Å². The molecule has 0 bridgehead atoms. The minimum absolute atomic E-state index is 0.231. The normalized spacial score (nSPS) is 16.1. The summed E-state index contributed by atoms with van der Waals surface area (Å²) in [5.41, 5.74) is 1.11. The average molecular weight is 390 g/mol. The Balaban J connectivity index is 1.42. The predicted octanol–water partition coefficient (Wildman–Crippen LogP) is 1.69. The molecular weight excluding hydrogens is 360 g/mol. The highest BCUT2D eigenvalue weighted by atomic mass is 16.5. The van der Waals surface area contributed by atoms with Crippen LogP contribution >= 0.6 is 0 Å². The molecule has 1 aromatic carbocycles. The van der Waals surface area contributed by atoms with Crippen LogP contribution in [0.25, 0.3) is 0 Å². The van der Waals surface area contributed by atoms with E-state index in [0.717, 1.165) is 57.1 Å². The molecule has 0 aliphatic carbocycles. The van der Waals surface area contributed by atoms with Crippen molar-refractivity contribution in [1.29, 1.82) is 0 Å². The number of methoxy groups -OCH3 is 1. The van der Waals surface area contributed by atoms with Crippen LogP contribution in [0.4, 0.5) is 0 Å². The number of benzene rings is 1. The second kappa shape index (κ2) is 11.1. The number of morpholine rings is 1. The fourth-order valence-corrected chi connectivity index (χ4v) is 3.16. The van der Waals surface area contributed by atoms with Crippen molar-refractivity contribution in [3.8, 4) is 11.5 Å². The lowest BCUT2D eigenvalue weighted by atomic mass is 10.2. The molecule has 1 saturated heterocycles. The SMILES string of the molecule is COc1cc(CNCCc2ccco2)ccc1OCC(O)CN1CCOCC1. The molecule has 7 nitrogen and oxygen atoms in total. The molecule has 28 heavy (non-hydrogen) atoms. The average Bonchev–Trinajstić information content (AvgIpc) is 3.24. The van der Waals surface area contributed by atoms with E-state index < -0.39 is 6.10 Å². The first kappa shape index (κ1) is 20.7. The third-order valence-electron chi connectivity index (χ3n) is 4.69. The zero-order valence-electron chi connectivity index (χ0n) is 16.4. The number of rotatable bonds is 11. The van der Waals surface area contributed by atoms with E-state index in [1.165, 1.54) is 0 Å². The van der Waals surface area contributed by atoms with Crippen LogP contribution in [0.3, 0.4) is 0 Å². The molecule has 0 spiro atoms. The predicted molar refractivity (Wildman–Crippen MR) is 106 cm³/mol. The molecule has 154 valence electrons. The van der Waals surface area contributed by atoms with Gasteiger partial charge in [0, 0.05) is 39.1 Å². The van der Waals surface area contributed by atoms with Gasteiger partial charge in [0.25, 0.3) is 0 Å².